The number of nitrogens with zero attached hydrogens (tertiary/aromatic N) is 2. The molecular weight excluding hydrogens is 312 g/mol. The van der Waals surface area contributed by atoms with Crippen LogP contribution in [0.4, 0.5) is 5.69 Å². The van der Waals surface area contributed by atoms with E-state index >= 15 is 0 Å². The van der Waals surface area contributed by atoms with Gasteiger partial charge >= 0.3 is 0 Å². The third-order valence-corrected chi connectivity index (χ3v) is 4.70. The minimum absolute atomic E-state index is 0.181. The number of nitrogens with one attached hydrogen (secondary N) is 2. The second-order valence-electron chi connectivity index (χ2n) is 6.08. The predicted molar refractivity (Wildman–Crippen MR) is 91.3 cm³/mol. The van der Waals surface area contributed by atoms with Crippen molar-refractivity contribution in [3.05, 3.63) is 44.5 Å². The lowest BCUT2D eigenvalue weighted by Crippen LogP contribution is -2.44. The Hall–Kier alpha value is -2.12. The van der Waals surface area contributed by atoms with Gasteiger partial charge in [-0.3, -0.25) is 9.78 Å². The van der Waals surface area contributed by atoms with Crippen LogP contribution in [0.5, 0.6) is 11.6 Å². The van der Waals surface area contributed by atoms with E-state index in [4.69, 9.17) is 17.0 Å². The van der Waals surface area contributed by atoms with Crippen molar-refractivity contribution < 1.29 is 4.74 Å². The molecule has 2 aliphatic heterocycles. The lowest BCUT2D eigenvalue weighted by molar-refractivity contribution is 0.313. The predicted octanol–water partition coefficient (Wildman–Crippen LogP) is 1.88. The second-order valence-corrected chi connectivity index (χ2v) is 6.49. The van der Waals surface area contributed by atoms with Crippen LogP contribution in [0.2, 0.25) is 0 Å². The van der Waals surface area contributed by atoms with Gasteiger partial charge in [0.15, 0.2) is 4.77 Å². The average Bonchev–Trinajstić information content (AvgIpc) is 2.53. The molecule has 1 aromatic heterocycles. The van der Waals surface area contributed by atoms with Crippen molar-refractivity contribution in [3.8, 4) is 11.6 Å². The van der Waals surface area contributed by atoms with E-state index < -0.39 is 0 Å². The van der Waals surface area contributed by atoms with Gasteiger partial charge in [0.25, 0.3) is 5.56 Å². The fraction of sp³-hybridized carbons (Fsp3) is 0.375. The van der Waals surface area contributed by atoms with Crippen LogP contribution in [0.1, 0.15) is 11.1 Å². The number of H-pyrrole nitrogens is 2. The maximum Gasteiger partial charge on any atom is 0.259 e. The van der Waals surface area contributed by atoms with E-state index in [1.54, 1.807) is 0 Å². The number of aromatic amines is 2. The molecule has 0 bridgehead atoms. The molecule has 120 valence electrons. The molecule has 2 aliphatic rings. The fourth-order valence-corrected chi connectivity index (χ4v) is 3.29. The molecule has 0 saturated carbocycles. The van der Waals surface area contributed by atoms with Crippen molar-refractivity contribution >= 4 is 17.9 Å². The monoisotopic (exact) mass is 330 g/mol. The van der Waals surface area contributed by atoms with Crippen LogP contribution in [0.25, 0.3) is 0 Å². The Balaban J connectivity index is 1.66. The zero-order valence-corrected chi connectivity index (χ0v) is 13.7. The highest BCUT2D eigenvalue weighted by Crippen LogP contribution is 2.35. The molecule has 0 unspecified atom stereocenters. The first-order valence-electron chi connectivity index (χ1n) is 7.70. The van der Waals surface area contributed by atoms with E-state index in [1.807, 2.05) is 6.07 Å². The van der Waals surface area contributed by atoms with E-state index in [-0.39, 0.29) is 10.3 Å². The van der Waals surface area contributed by atoms with Crippen molar-refractivity contribution in [2.24, 2.45) is 0 Å². The summed E-state index contributed by atoms with van der Waals surface area (Å²) in [4.78, 5) is 22.3. The zero-order chi connectivity index (χ0) is 16.0. The Labute approximate surface area is 138 Å². The van der Waals surface area contributed by atoms with Gasteiger partial charge in [-0.15, -0.1) is 0 Å². The van der Waals surface area contributed by atoms with Gasteiger partial charge in [0, 0.05) is 43.9 Å². The van der Waals surface area contributed by atoms with Gasteiger partial charge in [0.05, 0.1) is 5.56 Å². The van der Waals surface area contributed by atoms with Crippen LogP contribution in [-0.4, -0.2) is 48.1 Å². The normalized spacial score (nSPS) is 17.3. The molecule has 0 atom stereocenters. The quantitative estimate of drug-likeness (QED) is 0.667. The number of anilines is 1. The molecule has 6 nitrogen and oxygen atoms in total. The minimum Gasteiger partial charge on any atom is -0.440 e. The molecule has 2 N–H and O–H groups in total. The molecule has 1 aromatic carbocycles. The van der Waals surface area contributed by atoms with Gasteiger partial charge in [-0.25, -0.2) is 0 Å². The Morgan fingerprint density at radius 2 is 1.96 bits per heavy atom. The number of hydrogen-bond acceptors (Lipinski definition) is 5. The van der Waals surface area contributed by atoms with Crippen LogP contribution in [-0.2, 0) is 6.42 Å². The largest absolute Gasteiger partial charge is 0.440 e. The number of hydrogen-bond donors (Lipinski definition) is 2. The van der Waals surface area contributed by atoms with Crippen molar-refractivity contribution in [1.82, 2.24) is 14.9 Å². The molecule has 0 radical (unpaired) electrons. The number of ether oxygens (including phenoxy) is 1. The Morgan fingerprint density at radius 3 is 2.74 bits per heavy atom. The van der Waals surface area contributed by atoms with E-state index in [0.717, 1.165) is 37.5 Å². The van der Waals surface area contributed by atoms with Gasteiger partial charge in [0.1, 0.15) is 5.75 Å². The summed E-state index contributed by atoms with van der Waals surface area (Å²) < 4.78 is 6.11. The molecule has 2 aromatic rings. The van der Waals surface area contributed by atoms with Crippen LogP contribution >= 0.6 is 12.2 Å². The number of fused-ring (bicyclic) bond motifs is 2. The molecule has 1 saturated heterocycles. The summed E-state index contributed by atoms with van der Waals surface area (Å²) >= 11 is 5.00. The topological polar surface area (TPSA) is 64.4 Å². The summed E-state index contributed by atoms with van der Waals surface area (Å²) in [6.07, 6.45) is 0.549. The van der Waals surface area contributed by atoms with Crippen molar-refractivity contribution in [3.63, 3.8) is 0 Å². The highest BCUT2D eigenvalue weighted by atomic mass is 32.1. The lowest BCUT2D eigenvalue weighted by atomic mass is 10.0. The maximum atomic E-state index is 12.1. The molecule has 1 fully saturated rings. The first-order chi connectivity index (χ1) is 11.1. The van der Waals surface area contributed by atoms with Gasteiger partial charge in [-0.1, -0.05) is 0 Å². The third-order valence-electron chi connectivity index (χ3n) is 4.49. The first kappa shape index (κ1) is 14.5. The minimum atomic E-state index is -0.181. The van der Waals surface area contributed by atoms with Crippen LogP contribution in [0.15, 0.2) is 23.0 Å². The molecule has 0 amide bonds. The van der Waals surface area contributed by atoms with E-state index in [9.17, 15) is 4.79 Å². The summed E-state index contributed by atoms with van der Waals surface area (Å²) in [5.74, 6) is 1.24. The van der Waals surface area contributed by atoms with Crippen LogP contribution in [0.3, 0.4) is 0 Å². The molecule has 0 aliphatic carbocycles. The fourth-order valence-electron chi connectivity index (χ4n) is 3.10. The van der Waals surface area contributed by atoms with Gasteiger partial charge in [0.2, 0.25) is 5.88 Å². The Bertz CT molecular complexity index is 865. The Morgan fingerprint density at radius 1 is 1.17 bits per heavy atom. The molecular formula is C16H18N4O2S. The zero-order valence-electron chi connectivity index (χ0n) is 12.9. The Kier molecular flexibility index (Phi) is 3.46. The maximum absolute atomic E-state index is 12.1. The first-order valence-corrected chi connectivity index (χ1v) is 8.11. The van der Waals surface area contributed by atoms with Crippen LogP contribution in [0, 0.1) is 4.77 Å². The SMILES string of the molecule is CN1CCN(c2ccc3c(c2)Cc2c([nH]c(=S)[nH]c2=O)O3)CC1. The van der Waals surface area contributed by atoms with Gasteiger partial charge in [-0.05, 0) is 37.5 Å². The number of likely N-dealkylation sites (N-methyl/N-ethyl adjacent to an activating group) is 1. The smallest absolute Gasteiger partial charge is 0.259 e. The second kappa shape index (κ2) is 5.50. The molecule has 0 spiro atoms. The van der Waals surface area contributed by atoms with E-state index in [1.165, 1.54) is 5.69 Å². The third kappa shape index (κ3) is 2.66. The summed E-state index contributed by atoms with van der Waals surface area (Å²) in [6, 6.07) is 6.19. The highest BCUT2D eigenvalue weighted by Gasteiger charge is 2.22. The van der Waals surface area contributed by atoms with E-state index in [0.29, 0.717) is 17.9 Å². The molecule has 4 rings (SSSR count). The summed E-state index contributed by atoms with van der Waals surface area (Å²) in [7, 11) is 2.14. The molecule has 23 heavy (non-hydrogen) atoms. The number of benzene rings is 1. The number of piperazine rings is 1. The molecule has 3 heterocycles. The van der Waals surface area contributed by atoms with Crippen molar-refractivity contribution in [2.45, 2.75) is 6.42 Å². The van der Waals surface area contributed by atoms with Crippen molar-refractivity contribution in [2.75, 3.05) is 38.1 Å². The molecule has 7 heteroatoms. The van der Waals surface area contributed by atoms with Gasteiger partial charge < -0.3 is 19.5 Å². The highest BCUT2D eigenvalue weighted by molar-refractivity contribution is 7.71. The number of rotatable bonds is 1. The summed E-state index contributed by atoms with van der Waals surface area (Å²) in [6.45, 7) is 4.15. The standard InChI is InChI=1S/C16H18N4O2S/c1-19-4-6-20(7-5-19)11-2-3-13-10(8-11)9-12-14(21)17-16(23)18-15(12)22-13/h2-3,8H,4-7,9H2,1H3,(H2,17,18,21,23). The average molecular weight is 330 g/mol. The van der Waals surface area contributed by atoms with Crippen molar-refractivity contribution in [1.29, 1.82) is 0 Å². The lowest BCUT2D eigenvalue weighted by Gasteiger charge is -2.34. The summed E-state index contributed by atoms with van der Waals surface area (Å²) in [5, 5.41) is 0. The van der Waals surface area contributed by atoms with Crippen LogP contribution < -0.4 is 15.2 Å². The summed E-state index contributed by atoms with van der Waals surface area (Å²) in [5.41, 5.74) is 2.63. The van der Waals surface area contributed by atoms with Gasteiger partial charge in [-0.2, -0.15) is 0 Å². The number of aromatic nitrogens is 2. The van der Waals surface area contributed by atoms with E-state index in [2.05, 4.69) is 38.9 Å².